The van der Waals surface area contributed by atoms with Crippen molar-refractivity contribution in [1.29, 1.82) is 0 Å². The van der Waals surface area contributed by atoms with Crippen LogP contribution in [0, 0.1) is 40.8 Å². The second kappa shape index (κ2) is 11.3. The smallest absolute Gasteiger partial charge is 0.429 e. The summed E-state index contributed by atoms with van der Waals surface area (Å²) in [6.45, 7) is 3.14. The molecule has 0 spiro atoms. The van der Waals surface area contributed by atoms with Crippen LogP contribution in [0.4, 0.5) is 35.1 Å². The van der Waals surface area contributed by atoms with E-state index in [4.69, 9.17) is 9.47 Å². The Bertz CT molecular complexity index is 1560. The monoisotopic (exact) mass is 582 g/mol. The summed E-state index contributed by atoms with van der Waals surface area (Å²) >= 11 is 0. The molecule has 1 aliphatic heterocycles. The van der Waals surface area contributed by atoms with E-state index < -0.39 is 69.4 Å². The summed E-state index contributed by atoms with van der Waals surface area (Å²) in [5, 5.41) is -1.31. The Labute approximate surface area is 229 Å². The Hall–Kier alpha value is -3.70. The van der Waals surface area contributed by atoms with Crippen LogP contribution in [0.25, 0.3) is 21.9 Å². The number of hydrogen-bond acceptors (Lipinski definition) is 3. The second-order valence-corrected chi connectivity index (χ2v) is 9.67. The normalized spacial score (nSPS) is 17.7. The van der Waals surface area contributed by atoms with Gasteiger partial charge in [0, 0.05) is 29.2 Å². The first kappa shape index (κ1) is 28.8. The van der Waals surface area contributed by atoms with Crippen molar-refractivity contribution >= 4 is 10.8 Å². The summed E-state index contributed by atoms with van der Waals surface area (Å²) in [4.78, 5) is 0. The van der Waals surface area contributed by atoms with E-state index in [0.29, 0.717) is 36.3 Å². The van der Waals surface area contributed by atoms with E-state index in [1.54, 1.807) is 12.1 Å². The fourth-order valence-electron chi connectivity index (χ4n) is 4.74. The molecule has 0 bridgehead atoms. The Kier molecular flexibility index (Phi) is 7.93. The zero-order valence-corrected chi connectivity index (χ0v) is 21.4. The van der Waals surface area contributed by atoms with Crippen LogP contribution in [0.3, 0.4) is 0 Å². The number of halogens is 8. The summed E-state index contributed by atoms with van der Waals surface area (Å²) in [5.74, 6) is -11.7. The molecule has 4 aromatic carbocycles. The zero-order chi connectivity index (χ0) is 29.5. The van der Waals surface area contributed by atoms with Gasteiger partial charge in [0.25, 0.3) is 0 Å². The van der Waals surface area contributed by atoms with E-state index in [9.17, 15) is 26.3 Å². The number of hydrogen-bond donors (Lipinski definition) is 0. The molecule has 0 aliphatic carbocycles. The maximum Gasteiger partial charge on any atom is 0.429 e. The molecular weight excluding hydrogens is 560 g/mol. The first-order valence-corrected chi connectivity index (χ1v) is 12.7. The average molecular weight is 582 g/mol. The van der Waals surface area contributed by atoms with Crippen molar-refractivity contribution in [2.45, 2.75) is 32.2 Å². The van der Waals surface area contributed by atoms with Crippen molar-refractivity contribution in [1.82, 2.24) is 0 Å². The van der Waals surface area contributed by atoms with Gasteiger partial charge in [-0.05, 0) is 23.4 Å². The minimum absolute atomic E-state index is 0.120. The molecule has 1 fully saturated rings. The summed E-state index contributed by atoms with van der Waals surface area (Å²) in [6, 6.07) is 9.38. The highest BCUT2D eigenvalue weighted by atomic mass is 19.3. The van der Waals surface area contributed by atoms with E-state index in [0.717, 1.165) is 18.9 Å². The summed E-state index contributed by atoms with van der Waals surface area (Å²) in [7, 11) is 0. The maximum atomic E-state index is 15.5. The van der Waals surface area contributed by atoms with Gasteiger partial charge in [-0.15, -0.1) is 0 Å². The van der Waals surface area contributed by atoms with Gasteiger partial charge in [-0.3, -0.25) is 0 Å². The van der Waals surface area contributed by atoms with Crippen molar-refractivity contribution in [3.05, 3.63) is 101 Å². The minimum atomic E-state index is -4.67. The SMILES string of the molecule is CCCC1COC(c2ccc(-c3ccc4cc(C(F)(F)Oc5cc(F)c(F)c(F)c5)c(F)c(F)c4c3F)cc2)OC1. The third-order valence-electron chi connectivity index (χ3n) is 6.80. The van der Waals surface area contributed by atoms with E-state index in [-0.39, 0.29) is 17.7 Å². The fourth-order valence-corrected chi connectivity index (χ4v) is 4.74. The average Bonchev–Trinajstić information content (AvgIpc) is 2.94. The molecule has 0 N–H and O–H groups in total. The van der Waals surface area contributed by atoms with Gasteiger partial charge in [-0.2, -0.15) is 8.78 Å². The predicted octanol–water partition coefficient (Wildman–Crippen LogP) is 8.93. The highest BCUT2D eigenvalue weighted by Crippen LogP contribution is 2.40. The molecule has 3 nitrogen and oxygen atoms in total. The van der Waals surface area contributed by atoms with Crippen LogP contribution in [-0.2, 0) is 15.6 Å². The topological polar surface area (TPSA) is 27.7 Å². The third-order valence-corrected chi connectivity index (χ3v) is 6.80. The summed E-state index contributed by atoms with van der Waals surface area (Å²) < 4.78 is 131. The van der Waals surface area contributed by atoms with Gasteiger partial charge >= 0.3 is 6.11 Å². The molecule has 0 unspecified atom stereocenters. The lowest BCUT2D eigenvalue weighted by Crippen LogP contribution is -2.26. The molecule has 4 aromatic rings. The molecule has 216 valence electrons. The van der Waals surface area contributed by atoms with Crippen LogP contribution in [-0.4, -0.2) is 13.2 Å². The van der Waals surface area contributed by atoms with E-state index in [2.05, 4.69) is 11.7 Å². The van der Waals surface area contributed by atoms with Crippen LogP contribution >= 0.6 is 0 Å². The molecule has 1 heterocycles. The lowest BCUT2D eigenvalue weighted by atomic mass is 9.97. The molecule has 0 aromatic heterocycles. The quantitative estimate of drug-likeness (QED) is 0.161. The molecule has 11 heteroatoms. The molecular formula is C30H22F8O3. The number of ether oxygens (including phenoxy) is 3. The van der Waals surface area contributed by atoms with Gasteiger partial charge in [0.05, 0.1) is 18.6 Å². The van der Waals surface area contributed by atoms with Crippen LogP contribution in [0.5, 0.6) is 5.75 Å². The van der Waals surface area contributed by atoms with Crippen molar-refractivity contribution < 1.29 is 49.3 Å². The largest absolute Gasteiger partial charge is 0.429 e. The molecule has 5 rings (SSSR count). The van der Waals surface area contributed by atoms with Crippen LogP contribution in [0.2, 0.25) is 0 Å². The minimum Gasteiger partial charge on any atom is -0.429 e. The van der Waals surface area contributed by atoms with Crippen LogP contribution in [0.15, 0.2) is 54.6 Å². The maximum absolute atomic E-state index is 15.5. The number of alkyl halides is 2. The van der Waals surface area contributed by atoms with Crippen molar-refractivity contribution in [3.63, 3.8) is 0 Å². The van der Waals surface area contributed by atoms with E-state index >= 15 is 8.78 Å². The molecule has 41 heavy (non-hydrogen) atoms. The molecule has 0 saturated carbocycles. The number of fused-ring (bicyclic) bond motifs is 1. The molecule has 1 saturated heterocycles. The lowest BCUT2D eigenvalue weighted by molar-refractivity contribution is -0.206. The van der Waals surface area contributed by atoms with Gasteiger partial charge < -0.3 is 14.2 Å². The summed E-state index contributed by atoms with van der Waals surface area (Å²) in [5.41, 5.74) is -0.803. The molecule has 0 radical (unpaired) electrons. The Morgan fingerprint density at radius 2 is 1.41 bits per heavy atom. The summed E-state index contributed by atoms with van der Waals surface area (Å²) in [6.07, 6.45) is -3.28. The molecule has 0 atom stereocenters. The Balaban J connectivity index is 1.43. The van der Waals surface area contributed by atoms with Gasteiger partial charge in [0.1, 0.15) is 17.1 Å². The highest BCUT2D eigenvalue weighted by molar-refractivity contribution is 5.89. The second-order valence-electron chi connectivity index (χ2n) is 9.67. The lowest BCUT2D eigenvalue weighted by Gasteiger charge is -2.29. The Morgan fingerprint density at radius 3 is 2.02 bits per heavy atom. The van der Waals surface area contributed by atoms with E-state index in [1.165, 1.54) is 18.2 Å². The van der Waals surface area contributed by atoms with Crippen LogP contribution in [0.1, 0.15) is 37.2 Å². The van der Waals surface area contributed by atoms with Gasteiger partial charge in [0.15, 0.2) is 35.4 Å². The van der Waals surface area contributed by atoms with Crippen molar-refractivity contribution in [2.75, 3.05) is 13.2 Å². The molecule has 0 amide bonds. The van der Waals surface area contributed by atoms with Crippen LogP contribution < -0.4 is 4.74 Å². The molecule has 1 aliphatic rings. The first-order valence-electron chi connectivity index (χ1n) is 12.7. The van der Waals surface area contributed by atoms with Crippen molar-refractivity contribution in [2.24, 2.45) is 5.92 Å². The number of rotatable bonds is 7. The zero-order valence-electron chi connectivity index (χ0n) is 21.4. The van der Waals surface area contributed by atoms with Gasteiger partial charge in [-0.1, -0.05) is 49.7 Å². The fraction of sp³-hybridized carbons (Fsp3) is 0.267. The van der Waals surface area contributed by atoms with Crippen molar-refractivity contribution in [3.8, 4) is 16.9 Å². The first-order chi connectivity index (χ1) is 19.5. The standard InChI is InChI=1S/C30H22F8O3/c1-2-3-15-13-39-29(40-14-15)17-6-4-16(5-7-17)20-9-8-18-10-21(26(34)28(36)24(18)25(20)33)30(37,38)41-19-11-22(31)27(35)23(32)12-19/h4-12,15,29H,2-3,13-14H2,1H3. The highest BCUT2D eigenvalue weighted by Gasteiger charge is 2.40. The predicted molar refractivity (Wildman–Crippen MR) is 133 cm³/mol. The Morgan fingerprint density at radius 1 is 0.780 bits per heavy atom. The third kappa shape index (κ3) is 5.60. The number of benzene rings is 4. The van der Waals surface area contributed by atoms with Gasteiger partial charge in [-0.25, -0.2) is 26.3 Å². The van der Waals surface area contributed by atoms with E-state index in [1.807, 2.05) is 0 Å². The van der Waals surface area contributed by atoms with Gasteiger partial charge in [0.2, 0.25) is 0 Å².